The number of fused-ring (bicyclic) bond motifs is 1. The first-order chi connectivity index (χ1) is 16.4. The van der Waals surface area contributed by atoms with E-state index >= 15 is 0 Å². The number of hydrogen-bond donors (Lipinski definition) is 1. The summed E-state index contributed by atoms with van der Waals surface area (Å²) in [7, 11) is 5.21. The summed E-state index contributed by atoms with van der Waals surface area (Å²) in [5.74, 6) is 1.35. The normalized spacial score (nSPS) is 16.8. The maximum absolute atomic E-state index is 5.87. The third-order valence-electron chi connectivity index (χ3n) is 6.59. The van der Waals surface area contributed by atoms with E-state index in [9.17, 15) is 0 Å². The molecule has 1 aliphatic carbocycles. The lowest BCUT2D eigenvalue weighted by Gasteiger charge is -2.23. The molecule has 1 aromatic carbocycles. The zero-order valence-corrected chi connectivity index (χ0v) is 23.2. The first-order valence-corrected chi connectivity index (χ1v) is 13.7. The summed E-state index contributed by atoms with van der Waals surface area (Å²) in [6.07, 6.45) is 20.5. The largest absolute Gasteiger partial charge is 0.324 e. The zero-order chi connectivity index (χ0) is 25.8. The standard InChI is InChI=1S/C17H22.C10H19N.C5H11B/c1-4-7-14(5-2)15-10-11-17-13(3)8-6-9-16(17)12-15;1-4-7-9(6-3)10(11)8-5-2;1-2-3-4-5-6/h4-5,7,10-13H,6,8-9H2,1-3H3;8-10H,2,4,6-7,11H2,1,3H3;2-5H2,1H3/b7-4-,14-5+;;. The number of aryl methyl sites for hydroxylation is 1. The van der Waals surface area contributed by atoms with Crippen molar-refractivity contribution in [3.8, 4) is 0 Å². The Hall–Kier alpha value is -1.76. The molecular formula is C32H52BN. The SMILES string of the molecule is C/C=C\C(=C/C)c1ccc2c(c1)CCCC2C.C=C=CC(N)C(CC)CCC.[B]CCCCC. The van der Waals surface area contributed by atoms with E-state index in [0.717, 1.165) is 18.7 Å². The molecule has 0 spiro atoms. The predicted molar refractivity (Wildman–Crippen MR) is 157 cm³/mol. The molecule has 0 aliphatic heterocycles. The van der Waals surface area contributed by atoms with Crippen LogP contribution in [0.1, 0.15) is 116 Å². The molecule has 0 saturated heterocycles. The molecule has 34 heavy (non-hydrogen) atoms. The molecule has 0 bridgehead atoms. The fourth-order valence-electron chi connectivity index (χ4n) is 4.48. The van der Waals surface area contributed by atoms with Crippen LogP contribution in [0.5, 0.6) is 0 Å². The van der Waals surface area contributed by atoms with Crippen LogP contribution in [0.15, 0.2) is 54.8 Å². The van der Waals surface area contributed by atoms with Crippen molar-refractivity contribution in [1.82, 2.24) is 0 Å². The second kappa shape index (κ2) is 20.6. The Bertz CT molecular complexity index is 750. The molecule has 2 heteroatoms. The first kappa shape index (κ1) is 32.2. The third kappa shape index (κ3) is 12.6. The summed E-state index contributed by atoms with van der Waals surface area (Å²) < 4.78 is 0. The highest BCUT2D eigenvalue weighted by atomic mass is 14.6. The van der Waals surface area contributed by atoms with E-state index in [1.54, 1.807) is 11.1 Å². The highest BCUT2D eigenvalue weighted by molar-refractivity contribution is 6.08. The van der Waals surface area contributed by atoms with Gasteiger partial charge in [-0.3, -0.25) is 0 Å². The van der Waals surface area contributed by atoms with Crippen molar-refractivity contribution in [3.63, 3.8) is 0 Å². The first-order valence-electron chi connectivity index (χ1n) is 13.7. The van der Waals surface area contributed by atoms with Gasteiger partial charge in [-0.1, -0.05) is 109 Å². The number of benzene rings is 1. The Labute approximate surface area is 214 Å². The minimum absolute atomic E-state index is 0.150. The van der Waals surface area contributed by atoms with Crippen LogP contribution in [0.2, 0.25) is 6.32 Å². The van der Waals surface area contributed by atoms with Crippen molar-refractivity contribution < 1.29 is 0 Å². The van der Waals surface area contributed by atoms with Crippen molar-refractivity contribution in [2.24, 2.45) is 11.7 Å². The van der Waals surface area contributed by atoms with Crippen LogP contribution >= 0.6 is 0 Å². The maximum atomic E-state index is 5.87. The monoisotopic (exact) mass is 461 g/mol. The molecule has 0 aromatic heterocycles. The fourth-order valence-corrected chi connectivity index (χ4v) is 4.48. The molecule has 0 amide bonds. The van der Waals surface area contributed by atoms with Gasteiger partial charge in [-0.05, 0) is 79.7 Å². The van der Waals surface area contributed by atoms with Crippen molar-refractivity contribution in [2.75, 3.05) is 0 Å². The fraction of sp³-hybridized carbons (Fsp3) is 0.594. The minimum Gasteiger partial charge on any atom is -0.324 e. The summed E-state index contributed by atoms with van der Waals surface area (Å²) >= 11 is 0. The average molecular weight is 462 g/mol. The van der Waals surface area contributed by atoms with Gasteiger partial charge in [0.15, 0.2) is 0 Å². The lowest BCUT2D eigenvalue weighted by Crippen LogP contribution is -2.27. The van der Waals surface area contributed by atoms with E-state index in [2.05, 4.69) is 90.3 Å². The number of allylic oxidation sites excluding steroid dienone is 4. The van der Waals surface area contributed by atoms with E-state index in [1.165, 1.54) is 62.5 Å². The second-order valence-electron chi connectivity index (χ2n) is 9.35. The maximum Gasteiger partial charge on any atom is 0.0653 e. The molecule has 0 fully saturated rings. The van der Waals surface area contributed by atoms with Crippen LogP contribution in [0.4, 0.5) is 0 Å². The van der Waals surface area contributed by atoms with Crippen LogP contribution in [-0.2, 0) is 6.42 Å². The van der Waals surface area contributed by atoms with Crippen LogP contribution in [0.3, 0.4) is 0 Å². The summed E-state index contributed by atoms with van der Waals surface area (Å²) in [6, 6.07) is 7.15. The molecule has 3 atom stereocenters. The van der Waals surface area contributed by atoms with Crippen molar-refractivity contribution in [3.05, 3.63) is 71.5 Å². The smallest absolute Gasteiger partial charge is 0.0653 e. The lowest BCUT2D eigenvalue weighted by molar-refractivity contribution is 0.422. The second-order valence-corrected chi connectivity index (χ2v) is 9.35. The molecule has 2 rings (SSSR count). The van der Waals surface area contributed by atoms with Gasteiger partial charge in [0.25, 0.3) is 0 Å². The van der Waals surface area contributed by atoms with Crippen LogP contribution in [0.25, 0.3) is 5.57 Å². The molecule has 2 N–H and O–H groups in total. The van der Waals surface area contributed by atoms with Gasteiger partial charge in [0.2, 0.25) is 0 Å². The minimum atomic E-state index is 0.150. The zero-order valence-electron chi connectivity index (χ0n) is 23.2. The summed E-state index contributed by atoms with van der Waals surface area (Å²) in [6.45, 7) is 16.6. The molecule has 2 radical (unpaired) electrons. The van der Waals surface area contributed by atoms with E-state index < -0.39 is 0 Å². The van der Waals surface area contributed by atoms with Crippen LogP contribution in [0, 0.1) is 5.92 Å². The third-order valence-corrected chi connectivity index (χ3v) is 6.59. The molecule has 0 heterocycles. The quantitative estimate of drug-likeness (QED) is 0.160. The Kier molecular flexibility index (Phi) is 19.5. The van der Waals surface area contributed by atoms with Crippen molar-refractivity contribution >= 4 is 13.4 Å². The van der Waals surface area contributed by atoms with Gasteiger partial charge in [-0.25, -0.2) is 0 Å². The molecular weight excluding hydrogens is 409 g/mol. The Morgan fingerprint density at radius 1 is 1.21 bits per heavy atom. The van der Waals surface area contributed by atoms with Crippen LogP contribution < -0.4 is 5.73 Å². The number of rotatable bonds is 10. The lowest BCUT2D eigenvalue weighted by atomic mass is 9.82. The summed E-state index contributed by atoms with van der Waals surface area (Å²) in [4.78, 5) is 0. The van der Waals surface area contributed by atoms with Crippen molar-refractivity contribution in [2.45, 2.75) is 118 Å². The number of hydrogen-bond acceptors (Lipinski definition) is 1. The van der Waals surface area contributed by atoms with E-state index in [1.807, 2.05) is 6.08 Å². The number of nitrogens with two attached hydrogens (primary N) is 1. The highest BCUT2D eigenvalue weighted by Crippen LogP contribution is 2.33. The molecule has 188 valence electrons. The van der Waals surface area contributed by atoms with Gasteiger partial charge in [-0.2, -0.15) is 0 Å². The molecule has 1 aromatic rings. The molecule has 3 unspecified atom stereocenters. The van der Waals surface area contributed by atoms with E-state index in [-0.39, 0.29) is 6.04 Å². The molecule has 1 aliphatic rings. The molecule has 1 nitrogen and oxygen atoms in total. The Morgan fingerprint density at radius 2 is 1.94 bits per heavy atom. The van der Waals surface area contributed by atoms with Crippen molar-refractivity contribution in [1.29, 1.82) is 0 Å². The number of unbranched alkanes of at least 4 members (excludes halogenated alkanes) is 2. The van der Waals surface area contributed by atoms with Crippen LogP contribution in [-0.4, -0.2) is 13.9 Å². The summed E-state index contributed by atoms with van der Waals surface area (Å²) in [5, 5.41) is 0. The highest BCUT2D eigenvalue weighted by Gasteiger charge is 2.16. The van der Waals surface area contributed by atoms with E-state index in [4.69, 9.17) is 13.6 Å². The van der Waals surface area contributed by atoms with E-state index in [0.29, 0.717) is 5.92 Å². The Morgan fingerprint density at radius 3 is 2.44 bits per heavy atom. The van der Waals surface area contributed by atoms with Gasteiger partial charge in [0.1, 0.15) is 0 Å². The van der Waals surface area contributed by atoms with Gasteiger partial charge >= 0.3 is 0 Å². The summed E-state index contributed by atoms with van der Waals surface area (Å²) in [5.41, 5.74) is 14.4. The van der Waals surface area contributed by atoms with Gasteiger partial charge in [0.05, 0.1) is 7.85 Å². The van der Waals surface area contributed by atoms with Gasteiger partial charge in [0, 0.05) is 6.04 Å². The Balaban J connectivity index is 0.000000552. The predicted octanol–water partition coefficient (Wildman–Crippen LogP) is 9.35. The average Bonchev–Trinajstić information content (AvgIpc) is 2.85. The molecule has 0 saturated carbocycles. The van der Waals surface area contributed by atoms with Gasteiger partial charge in [-0.15, -0.1) is 5.73 Å². The van der Waals surface area contributed by atoms with Gasteiger partial charge < -0.3 is 5.73 Å². The topological polar surface area (TPSA) is 26.0 Å².